The highest BCUT2D eigenvalue weighted by atomic mass is 16.5. The van der Waals surface area contributed by atoms with Gasteiger partial charge in [-0.05, 0) is 20.8 Å². The molecule has 14 heavy (non-hydrogen) atoms. The van der Waals surface area contributed by atoms with Gasteiger partial charge in [0.15, 0.2) is 5.78 Å². The number of Topliss-reactive ketones (excluding diaryl/α,β-unsaturated/α-hetero) is 1. The van der Waals surface area contributed by atoms with Crippen LogP contribution < -0.4 is 0 Å². The first kappa shape index (κ1) is 10.6. The molecule has 0 aromatic rings. The molecule has 0 aliphatic carbocycles. The van der Waals surface area contributed by atoms with Crippen molar-refractivity contribution in [1.29, 1.82) is 0 Å². The number of rotatable bonds is 2. The van der Waals surface area contributed by atoms with E-state index in [1.165, 1.54) is 0 Å². The Bertz CT molecular complexity index is 339. The lowest BCUT2D eigenvalue weighted by atomic mass is 9.99. The average molecular weight is 195 g/mol. The molecule has 1 aliphatic heterocycles. The molecule has 0 amide bonds. The second kappa shape index (κ2) is 4.17. The number of aliphatic imine (C=N–C) groups is 1. The van der Waals surface area contributed by atoms with Crippen LogP contribution in [0.25, 0.3) is 0 Å². The Morgan fingerprint density at radius 2 is 2.14 bits per heavy atom. The van der Waals surface area contributed by atoms with Crippen LogP contribution in [0.5, 0.6) is 0 Å². The molecule has 0 aromatic heterocycles. The molecule has 1 rings (SSSR count). The number of esters is 1. The summed E-state index contributed by atoms with van der Waals surface area (Å²) in [4.78, 5) is 26.7. The smallest absolute Gasteiger partial charge is 0.340 e. The molecule has 0 saturated carbocycles. The van der Waals surface area contributed by atoms with Gasteiger partial charge < -0.3 is 4.74 Å². The average Bonchev–Trinajstić information content (AvgIpc) is 2.13. The SMILES string of the molecule is CCOC(=O)C1=C(C)C(=O)CN=C1C. The van der Waals surface area contributed by atoms with Crippen LogP contribution in [0.2, 0.25) is 0 Å². The highest BCUT2D eigenvalue weighted by molar-refractivity contribution is 6.25. The van der Waals surface area contributed by atoms with Crippen molar-refractivity contribution < 1.29 is 14.3 Å². The summed E-state index contributed by atoms with van der Waals surface area (Å²) in [6.45, 7) is 5.51. The zero-order valence-electron chi connectivity index (χ0n) is 8.59. The van der Waals surface area contributed by atoms with E-state index in [1.54, 1.807) is 20.8 Å². The minimum atomic E-state index is -0.459. The highest BCUT2D eigenvalue weighted by Crippen LogP contribution is 2.14. The number of dihydropyridines is 1. The second-order valence-corrected chi connectivity index (χ2v) is 3.05. The van der Waals surface area contributed by atoms with E-state index in [0.717, 1.165) is 0 Å². The van der Waals surface area contributed by atoms with Crippen molar-refractivity contribution in [2.24, 2.45) is 4.99 Å². The maximum Gasteiger partial charge on any atom is 0.340 e. The maximum absolute atomic E-state index is 11.5. The van der Waals surface area contributed by atoms with Gasteiger partial charge in [-0.15, -0.1) is 0 Å². The van der Waals surface area contributed by atoms with E-state index in [9.17, 15) is 9.59 Å². The molecular weight excluding hydrogens is 182 g/mol. The standard InChI is InChI=1S/C10H13NO3/c1-4-14-10(13)9-6(2)8(12)5-11-7(9)3/h4-5H2,1-3H3. The third-order valence-electron chi connectivity index (χ3n) is 2.09. The third kappa shape index (κ3) is 1.89. The normalized spacial score (nSPS) is 16.8. The Morgan fingerprint density at radius 3 is 2.71 bits per heavy atom. The van der Waals surface area contributed by atoms with E-state index in [2.05, 4.69) is 4.99 Å². The van der Waals surface area contributed by atoms with Gasteiger partial charge in [0.05, 0.1) is 12.2 Å². The van der Waals surface area contributed by atoms with E-state index in [-0.39, 0.29) is 12.3 Å². The number of carbonyl (C=O) groups excluding carboxylic acids is 2. The summed E-state index contributed by atoms with van der Waals surface area (Å²) in [5, 5.41) is 0. The molecule has 4 nitrogen and oxygen atoms in total. The largest absolute Gasteiger partial charge is 0.462 e. The molecule has 0 spiro atoms. The number of ether oxygens (including phenoxy) is 1. The van der Waals surface area contributed by atoms with Crippen LogP contribution in [0.1, 0.15) is 20.8 Å². The predicted molar refractivity (Wildman–Crippen MR) is 52.3 cm³/mol. The number of ketones is 1. The van der Waals surface area contributed by atoms with Gasteiger partial charge in [-0.3, -0.25) is 9.79 Å². The predicted octanol–water partition coefficient (Wildman–Crippen LogP) is 0.910. The Balaban J connectivity index is 3.03. The van der Waals surface area contributed by atoms with E-state index in [0.29, 0.717) is 23.5 Å². The number of hydrogen-bond acceptors (Lipinski definition) is 4. The molecule has 0 N–H and O–H groups in total. The van der Waals surface area contributed by atoms with Gasteiger partial charge in [0.25, 0.3) is 0 Å². The van der Waals surface area contributed by atoms with E-state index in [1.807, 2.05) is 0 Å². The van der Waals surface area contributed by atoms with Gasteiger partial charge in [0.2, 0.25) is 0 Å². The first-order chi connectivity index (χ1) is 6.57. The van der Waals surface area contributed by atoms with Crippen LogP contribution >= 0.6 is 0 Å². The quantitative estimate of drug-likeness (QED) is 0.615. The summed E-state index contributed by atoms with van der Waals surface area (Å²) in [7, 11) is 0. The van der Waals surface area contributed by atoms with Crippen molar-refractivity contribution in [2.75, 3.05) is 13.2 Å². The summed E-state index contributed by atoms with van der Waals surface area (Å²) < 4.78 is 4.84. The molecule has 0 bridgehead atoms. The number of nitrogens with zero attached hydrogens (tertiary/aromatic N) is 1. The molecule has 0 saturated heterocycles. The third-order valence-corrected chi connectivity index (χ3v) is 2.09. The molecule has 1 aliphatic rings. The molecule has 0 aromatic carbocycles. The minimum Gasteiger partial charge on any atom is -0.462 e. The molecule has 4 heteroatoms. The maximum atomic E-state index is 11.5. The molecule has 1 heterocycles. The fourth-order valence-corrected chi connectivity index (χ4v) is 1.30. The van der Waals surface area contributed by atoms with Crippen LogP contribution in [0.3, 0.4) is 0 Å². The van der Waals surface area contributed by atoms with Gasteiger partial charge in [-0.2, -0.15) is 0 Å². The first-order valence-corrected chi connectivity index (χ1v) is 4.50. The second-order valence-electron chi connectivity index (χ2n) is 3.05. The van der Waals surface area contributed by atoms with E-state index >= 15 is 0 Å². The zero-order valence-corrected chi connectivity index (χ0v) is 8.59. The summed E-state index contributed by atoms with van der Waals surface area (Å²) in [6.07, 6.45) is 0. The Morgan fingerprint density at radius 1 is 1.50 bits per heavy atom. The van der Waals surface area contributed by atoms with Gasteiger partial charge >= 0.3 is 5.97 Å². The summed E-state index contributed by atoms with van der Waals surface area (Å²) >= 11 is 0. The molecule has 0 unspecified atom stereocenters. The fraction of sp³-hybridized carbons (Fsp3) is 0.500. The van der Waals surface area contributed by atoms with Crippen molar-refractivity contribution >= 4 is 17.5 Å². The molecule has 76 valence electrons. The summed E-state index contributed by atoms with van der Waals surface area (Å²) in [5.74, 6) is -0.571. The fourth-order valence-electron chi connectivity index (χ4n) is 1.30. The van der Waals surface area contributed by atoms with Crippen LogP contribution in [0.4, 0.5) is 0 Å². The summed E-state index contributed by atoms with van der Waals surface area (Å²) in [6, 6.07) is 0. The van der Waals surface area contributed by atoms with Gasteiger partial charge in [-0.1, -0.05) is 0 Å². The van der Waals surface area contributed by atoms with E-state index < -0.39 is 5.97 Å². The van der Waals surface area contributed by atoms with Gasteiger partial charge in [-0.25, -0.2) is 4.79 Å². The van der Waals surface area contributed by atoms with Crippen molar-refractivity contribution in [3.05, 3.63) is 11.1 Å². The zero-order chi connectivity index (χ0) is 10.7. The lowest BCUT2D eigenvalue weighted by Crippen LogP contribution is -2.24. The summed E-state index contributed by atoms with van der Waals surface area (Å²) in [5.41, 5.74) is 1.36. The van der Waals surface area contributed by atoms with Gasteiger partial charge in [0.1, 0.15) is 6.54 Å². The van der Waals surface area contributed by atoms with Crippen molar-refractivity contribution in [3.8, 4) is 0 Å². The van der Waals surface area contributed by atoms with Crippen LogP contribution in [0, 0.1) is 0 Å². The monoisotopic (exact) mass is 195 g/mol. The number of carbonyl (C=O) groups is 2. The van der Waals surface area contributed by atoms with E-state index in [4.69, 9.17) is 4.74 Å². The molecular formula is C10H13NO3. The Labute approximate surface area is 82.7 Å². The van der Waals surface area contributed by atoms with Crippen LogP contribution in [-0.4, -0.2) is 30.6 Å². The van der Waals surface area contributed by atoms with Crippen LogP contribution in [-0.2, 0) is 14.3 Å². The highest BCUT2D eigenvalue weighted by Gasteiger charge is 2.24. The minimum absolute atomic E-state index is 0.112. The Hall–Kier alpha value is -1.45. The topological polar surface area (TPSA) is 55.7 Å². The van der Waals surface area contributed by atoms with Crippen molar-refractivity contribution in [3.63, 3.8) is 0 Å². The van der Waals surface area contributed by atoms with Crippen molar-refractivity contribution in [2.45, 2.75) is 20.8 Å². The Kier molecular flexibility index (Phi) is 3.17. The van der Waals surface area contributed by atoms with Crippen molar-refractivity contribution in [1.82, 2.24) is 0 Å². The first-order valence-electron chi connectivity index (χ1n) is 4.50. The van der Waals surface area contributed by atoms with Crippen LogP contribution in [0.15, 0.2) is 16.1 Å². The molecule has 0 radical (unpaired) electrons. The lowest BCUT2D eigenvalue weighted by molar-refractivity contribution is -0.138. The molecule has 0 atom stereocenters. The lowest BCUT2D eigenvalue weighted by Gasteiger charge is -2.14. The number of hydrogen-bond donors (Lipinski definition) is 0. The molecule has 0 fully saturated rings. The van der Waals surface area contributed by atoms with Gasteiger partial charge in [0, 0.05) is 11.3 Å².